The SMILES string of the molecule is CC(C)c1noc(C#N)c1C(=O)NC1CC1. The van der Waals surface area contributed by atoms with Gasteiger partial charge in [-0.2, -0.15) is 5.26 Å². The fraction of sp³-hybridized carbons (Fsp3) is 0.545. The minimum absolute atomic E-state index is 0.00171. The molecule has 0 bridgehead atoms. The molecule has 1 N–H and O–H groups in total. The van der Waals surface area contributed by atoms with E-state index in [1.165, 1.54) is 0 Å². The number of hydrogen-bond donors (Lipinski definition) is 1. The standard InChI is InChI=1S/C11H13N3O2/c1-6(2)10-9(8(5-12)16-14-10)11(15)13-7-3-4-7/h6-7H,3-4H2,1-2H3,(H,13,15). The molecule has 2 rings (SSSR count). The van der Waals surface area contributed by atoms with Crippen molar-refractivity contribution in [2.24, 2.45) is 0 Å². The topological polar surface area (TPSA) is 78.9 Å². The number of aromatic nitrogens is 1. The number of nitrogens with zero attached hydrogens (tertiary/aromatic N) is 2. The molecule has 1 aliphatic carbocycles. The number of rotatable bonds is 3. The van der Waals surface area contributed by atoms with E-state index in [-0.39, 0.29) is 23.6 Å². The van der Waals surface area contributed by atoms with Gasteiger partial charge in [0.1, 0.15) is 17.3 Å². The van der Waals surface area contributed by atoms with Gasteiger partial charge < -0.3 is 9.84 Å². The predicted molar refractivity (Wildman–Crippen MR) is 55.8 cm³/mol. The summed E-state index contributed by atoms with van der Waals surface area (Å²) in [4.78, 5) is 11.9. The lowest BCUT2D eigenvalue weighted by molar-refractivity contribution is 0.0949. The highest BCUT2D eigenvalue weighted by Gasteiger charge is 2.29. The maximum absolute atomic E-state index is 11.9. The molecule has 0 aromatic carbocycles. The van der Waals surface area contributed by atoms with E-state index in [1.54, 1.807) is 0 Å². The summed E-state index contributed by atoms with van der Waals surface area (Å²) in [5.41, 5.74) is 0.846. The van der Waals surface area contributed by atoms with Crippen molar-refractivity contribution in [2.75, 3.05) is 0 Å². The van der Waals surface area contributed by atoms with Crippen molar-refractivity contribution in [2.45, 2.75) is 38.6 Å². The number of hydrogen-bond acceptors (Lipinski definition) is 4. The van der Waals surface area contributed by atoms with Crippen LogP contribution in [-0.2, 0) is 0 Å². The zero-order chi connectivity index (χ0) is 11.7. The van der Waals surface area contributed by atoms with Crippen LogP contribution in [0.2, 0.25) is 0 Å². The summed E-state index contributed by atoms with van der Waals surface area (Å²) < 4.78 is 4.86. The smallest absolute Gasteiger partial charge is 0.258 e. The molecule has 0 unspecified atom stereocenters. The Kier molecular flexibility index (Phi) is 2.65. The third kappa shape index (κ3) is 1.91. The molecule has 84 valence electrons. The lowest BCUT2D eigenvalue weighted by Crippen LogP contribution is -2.26. The highest BCUT2D eigenvalue weighted by Crippen LogP contribution is 2.24. The second kappa shape index (κ2) is 3.97. The highest BCUT2D eigenvalue weighted by atomic mass is 16.5. The Labute approximate surface area is 93.4 Å². The van der Waals surface area contributed by atoms with Gasteiger partial charge in [0.15, 0.2) is 0 Å². The highest BCUT2D eigenvalue weighted by molar-refractivity contribution is 5.97. The summed E-state index contributed by atoms with van der Waals surface area (Å²) in [5, 5.41) is 15.5. The average molecular weight is 219 g/mol. The molecule has 16 heavy (non-hydrogen) atoms. The minimum Gasteiger partial charge on any atom is -0.349 e. The first kappa shape index (κ1) is 10.7. The maximum Gasteiger partial charge on any atom is 0.258 e. The second-order valence-electron chi connectivity index (χ2n) is 4.29. The average Bonchev–Trinajstić information content (AvgIpc) is 2.94. The van der Waals surface area contributed by atoms with Crippen molar-refractivity contribution in [3.05, 3.63) is 17.0 Å². The van der Waals surface area contributed by atoms with Crippen LogP contribution in [0, 0.1) is 11.3 Å². The van der Waals surface area contributed by atoms with Crippen LogP contribution in [0.4, 0.5) is 0 Å². The van der Waals surface area contributed by atoms with Crippen molar-refractivity contribution in [1.29, 1.82) is 5.26 Å². The third-order valence-corrected chi connectivity index (χ3v) is 2.51. The van der Waals surface area contributed by atoms with E-state index in [2.05, 4.69) is 10.5 Å². The first-order valence-electron chi connectivity index (χ1n) is 5.34. The van der Waals surface area contributed by atoms with Crippen LogP contribution >= 0.6 is 0 Å². The van der Waals surface area contributed by atoms with Crippen LogP contribution in [0.5, 0.6) is 0 Å². The van der Waals surface area contributed by atoms with Gasteiger partial charge in [0.25, 0.3) is 5.91 Å². The van der Waals surface area contributed by atoms with E-state index in [1.807, 2.05) is 19.9 Å². The second-order valence-corrected chi connectivity index (χ2v) is 4.29. The summed E-state index contributed by atoms with van der Waals surface area (Å²) in [6.45, 7) is 3.82. The maximum atomic E-state index is 11.9. The summed E-state index contributed by atoms with van der Waals surface area (Å²) >= 11 is 0. The molecule has 5 heteroatoms. The molecular weight excluding hydrogens is 206 g/mol. The monoisotopic (exact) mass is 219 g/mol. The summed E-state index contributed by atoms with van der Waals surface area (Å²) in [6.07, 6.45) is 2.02. The van der Waals surface area contributed by atoms with Crippen LogP contribution in [0.1, 0.15) is 54.4 Å². The van der Waals surface area contributed by atoms with Crippen molar-refractivity contribution < 1.29 is 9.32 Å². The number of carbonyl (C=O) groups excluding carboxylic acids is 1. The van der Waals surface area contributed by atoms with Gasteiger partial charge in [0, 0.05) is 6.04 Å². The molecule has 1 aliphatic rings. The molecule has 1 aromatic rings. The fourth-order valence-electron chi connectivity index (χ4n) is 1.48. The summed E-state index contributed by atoms with van der Waals surface area (Å²) in [6, 6.07) is 2.11. The quantitative estimate of drug-likeness (QED) is 0.836. The Balaban J connectivity index is 2.31. The molecule has 1 saturated carbocycles. The van der Waals surface area contributed by atoms with Crippen LogP contribution in [0.25, 0.3) is 0 Å². The van der Waals surface area contributed by atoms with E-state index in [0.717, 1.165) is 12.8 Å². The molecular formula is C11H13N3O2. The molecule has 0 radical (unpaired) electrons. The van der Waals surface area contributed by atoms with Crippen LogP contribution < -0.4 is 5.32 Å². The van der Waals surface area contributed by atoms with Gasteiger partial charge in [0.2, 0.25) is 5.76 Å². The Hall–Kier alpha value is -1.83. The van der Waals surface area contributed by atoms with Gasteiger partial charge in [-0.05, 0) is 18.8 Å². The minimum atomic E-state index is -0.246. The van der Waals surface area contributed by atoms with Crippen LogP contribution in [0.15, 0.2) is 4.52 Å². The van der Waals surface area contributed by atoms with Crippen molar-refractivity contribution in [1.82, 2.24) is 10.5 Å². The van der Waals surface area contributed by atoms with Gasteiger partial charge in [0.05, 0.1) is 0 Å². The van der Waals surface area contributed by atoms with Crippen molar-refractivity contribution >= 4 is 5.91 Å². The number of nitrogens with one attached hydrogen (secondary N) is 1. The lowest BCUT2D eigenvalue weighted by Gasteiger charge is -2.04. The summed E-state index contributed by atoms with van der Waals surface area (Å²) in [5.74, 6) is -0.184. The molecule has 0 saturated heterocycles. The molecule has 1 amide bonds. The third-order valence-electron chi connectivity index (χ3n) is 2.51. The molecule has 1 heterocycles. The number of amides is 1. The Bertz CT molecular complexity index is 452. The summed E-state index contributed by atoms with van der Waals surface area (Å²) in [7, 11) is 0. The Morgan fingerprint density at radius 3 is 2.81 bits per heavy atom. The van der Waals surface area contributed by atoms with Gasteiger partial charge in [-0.1, -0.05) is 19.0 Å². The van der Waals surface area contributed by atoms with Crippen LogP contribution in [0.3, 0.4) is 0 Å². The normalized spacial score (nSPS) is 14.9. The van der Waals surface area contributed by atoms with E-state index in [4.69, 9.17) is 9.78 Å². The molecule has 0 spiro atoms. The molecule has 5 nitrogen and oxygen atoms in total. The largest absolute Gasteiger partial charge is 0.349 e. The first-order chi connectivity index (χ1) is 7.63. The molecule has 1 aromatic heterocycles. The zero-order valence-electron chi connectivity index (χ0n) is 9.28. The van der Waals surface area contributed by atoms with E-state index < -0.39 is 0 Å². The van der Waals surface area contributed by atoms with E-state index in [0.29, 0.717) is 11.3 Å². The molecule has 1 fully saturated rings. The van der Waals surface area contributed by atoms with Gasteiger partial charge in [-0.3, -0.25) is 4.79 Å². The van der Waals surface area contributed by atoms with E-state index >= 15 is 0 Å². The van der Waals surface area contributed by atoms with Gasteiger partial charge >= 0.3 is 0 Å². The Morgan fingerprint density at radius 2 is 2.31 bits per heavy atom. The van der Waals surface area contributed by atoms with Gasteiger partial charge in [-0.25, -0.2) is 0 Å². The predicted octanol–water partition coefficient (Wildman–Crippen LogP) is 1.56. The Morgan fingerprint density at radius 1 is 1.62 bits per heavy atom. The first-order valence-corrected chi connectivity index (χ1v) is 5.34. The van der Waals surface area contributed by atoms with Crippen LogP contribution in [-0.4, -0.2) is 17.1 Å². The number of carbonyl (C=O) groups is 1. The van der Waals surface area contributed by atoms with Crippen molar-refractivity contribution in [3.63, 3.8) is 0 Å². The zero-order valence-corrected chi connectivity index (χ0v) is 9.28. The molecule has 0 aliphatic heterocycles. The van der Waals surface area contributed by atoms with Gasteiger partial charge in [-0.15, -0.1) is 0 Å². The molecule has 0 atom stereocenters. The lowest BCUT2D eigenvalue weighted by atomic mass is 10.0. The van der Waals surface area contributed by atoms with Crippen molar-refractivity contribution in [3.8, 4) is 6.07 Å². The van der Waals surface area contributed by atoms with E-state index in [9.17, 15) is 4.79 Å². The number of nitriles is 1. The fourth-order valence-corrected chi connectivity index (χ4v) is 1.48.